The first-order chi connectivity index (χ1) is 14.0. The minimum atomic E-state index is -0.727. The predicted octanol–water partition coefficient (Wildman–Crippen LogP) is 2.55. The molecule has 2 aromatic carbocycles. The Morgan fingerprint density at radius 1 is 1.14 bits per heavy atom. The standard InChI is InChI=1S/C20H21N3O6/c1-27-14-8-9-15(17(10-14)28-2)21-19(25)22-16(13-6-4-3-5-7-13)11-23-18(24)12-29-20(23)26/h3-10,16H,11-12H2,1-2H3,(H2,21,22,25). The quantitative estimate of drug-likeness (QED) is 0.741. The highest BCUT2D eigenvalue weighted by molar-refractivity contribution is 5.98. The lowest BCUT2D eigenvalue weighted by atomic mass is 10.1. The Bertz CT molecular complexity index is 886. The molecule has 1 atom stereocenters. The zero-order chi connectivity index (χ0) is 20.8. The number of imide groups is 1. The summed E-state index contributed by atoms with van der Waals surface area (Å²) in [6.45, 7) is -0.343. The highest BCUT2D eigenvalue weighted by Gasteiger charge is 2.33. The third-order valence-electron chi connectivity index (χ3n) is 4.37. The number of anilines is 1. The van der Waals surface area contributed by atoms with Crippen molar-refractivity contribution in [3.63, 3.8) is 0 Å². The fourth-order valence-corrected chi connectivity index (χ4v) is 2.88. The van der Waals surface area contributed by atoms with Gasteiger partial charge in [0.15, 0.2) is 6.61 Å². The largest absolute Gasteiger partial charge is 0.497 e. The second kappa shape index (κ2) is 8.96. The van der Waals surface area contributed by atoms with E-state index in [9.17, 15) is 14.4 Å². The van der Waals surface area contributed by atoms with E-state index in [1.165, 1.54) is 14.2 Å². The van der Waals surface area contributed by atoms with Crippen LogP contribution >= 0.6 is 0 Å². The summed E-state index contributed by atoms with van der Waals surface area (Å²) in [5.74, 6) is 0.560. The normalized spacial score (nSPS) is 14.2. The smallest absolute Gasteiger partial charge is 0.417 e. The number of cyclic esters (lactones) is 1. The van der Waals surface area contributed by atoms with E-state index in [0.717, 1.165) is 10.5 Å². The molecule has 1 aliphatic heterocycles. The molecule has 29 heavy (non-hydrogen) atoms. The van der Waals surface area contributed by atoms with Crippen LogP contribution in [0.3, 0.4) is 0 Å². The first-order valence-corrected chi connectivity index (χ1v) is 8.83. The molecule has 9 heteroatoms. The van der Waals surface area contributed by atoms with Gasteiger partial charge in [-0.1, -0.05) is 30.3 Å². The van der Waals surface area contributed by atoms with Crippen LogP contribution in [0, 0.1) is 0 Å². The summed E-state index contributed by atoms with van der Waals surface area (Å²) in [5.41, 5.74) is 1.17. The van der Waals surface area contributed by atoms with E-state index in [4.69, 9.17) is 14.2 Å². The molecular formula is C20H21N3O6. The first kappa shape index (κ1) is 20.0. The van der Waals surface area contributed by atoms with Crippen LogP contribution in [0.15, 0.2) is 48.5 Å². The van der Waals surface area contributed by atoms with Crippen LogP contribution in [-0.4, -0.2) is 50.3 Å². The highest BCUT2D eigenvalue weighted by atomic mass is 16.6. The third kappa shape index (κ3) is 4.75. The topological polar surface area (TPSA) is 106 Å². The number of ether oxygens (including phenoxy) is 3. The maximum absolute atomic E-state index is 12.6. The molecule has 3 rings (SSSR count). The van der Waals surface area contributed by atoms with Gasteiger partial charge >= 0.3 is 12.1 Å². The number of amides is 4. The molecule has 0 bridgehead atoms. The van der Waals surface area contributed by atoms with Crippen molar-refractivity contribution in [1.82, 2.24) is 10.2 Å². The Balaban J connectivity index is 1.76. The number of nitrogens with zero attached hydrogens (tertiary/aromatic N) is 1. The Hall–Kier alpha value is -3.75. The van der Waals surface area contributed by atoms with Gasteiger partial charge in [0.05, 0.1) is 32.5 Å². The molecule has 1 saturated heterocycles. The van der Waals surface area contributed by atoms with Gasteiger partial charge in [-0.2, -0.15) is 0 Å². The van der Waals surface area contributed by atoms with Crippen molar-refractivity contribution in [2.75, 3.05) is 32.7 Å². The van der Waals surface area contributed by atoms with Crippen LogP contribution in [0.4, 0.5) is 15.3 Å². The van der Waals surface area contributed by atoms with Crippen molar-refractivity contribution in [3.8, 4) is 11.5 Å². The molecule has 0 aliphatic carbocycles. The van der Waals surface area contributed by atoms with Crippen LogP contribution < -0.4 is 20.1 Å². The average Bonchev–Trinajstić information content (AvgIpc) is 3.06. The van der Waals surface area contributed by atoms with Crippen LogP contribution in [0.1, 0.15) is 11.6 Å². The van der Waals surface area contributed by atoms with E-state index >= 15 is 0 Å². The minimum Gasteiger partial charge on any atom is -0.497 e. The third-order valence-corrected chi connectivity index (χ3v) is 4.37. The lowest BCUT2D eigenvalue weighted by molar-refractivity contribution is -0.126. The summed E-state index contributed by atoms with van der Waals surface area (Å²) >= 11 is 0. The summed E-state index contributed by atoms with van der Waals surface area (Å²) in [4.78, 5) is 37.3. The zero-order valence-corrected chi connectivity index (χ0v) is 16.0. The lowest BCUT2D eigenvalue weighted by Gasteiger charge is -2.23. The minimum absolute atomic E-state index is 0.0468. The molecule has 9 nitrogen and oxygen atoms in total. The first-order valence-electron chi connectivity index (χ1n) is 8.83. The number of rotatable bonds is 7. The highest BCUT2D eigenvalue weighted by Crippen LogP contribution is 2.29. The Morgan fingerprint density at radius 3 is 2.52 bits per heavy atom. The summed E-state index contributed by atoms with van der Waals surface area (Å²) in [7, 11) is 3.01. The van der Waals surface area contributed by atoms with Crippen LogP contribution in [0.25, 0.3) is 0 Å². The van der Waals surface area contributed by atoms with Crippen molar-refractivity contribution in [1.29, 1.82) is 0 Å². The number of benzene rings is 2. The van der Waals surface area contributed by atoms with Gasteiger partial charge in [0, 0.05) is 6.07 Å². The molecule has 2 N–H and O–H groups in total. The van der Waals surface area contributed by atoms with E-state index in [0.29, 0.717) is 17.2 Å². The Labute approximate surface area is 167 Å². The second-order valence-electron chi connectivity index (χ2n) is 6.19. The number of hydrogen-bond acceptors (Lipinski definition) is 6. The van der Waals surface area contributed by atoms with E-state index in [-0.39, 0.29) is 13.2 Å². The van der Waals surface area contributed by atoms with Gasteiger partial charge in [-0.3, -0.25) is 4.79 Å². The van der Waals surface area contributed by atoms with Gasteiger partial charge < -0.3 is 24.8 Å². The number of urea groups is 1. The Morgan fingerprint density at radius 2 is 1.90 bits per heavy atom. The average molecular weight is 399 g/mol. The SMILES string of the molecule is COc1ccc(NC(=O)NC(CN2C(=O)COC2=O)c2ccccc2)c(OC)c1. The van der Waals surface area contributed by atoms with Gasteiger partial charge in [0.2, 0.25) is 0 Å². The summed E-state index contributed by atoms with van der Waals surface area (Å²) in [6, 6.07) is 12.9. The lowest BCUT2D eigenvalue weighted by Crippen LogP contribution is -2.41. The van der Waals surface area contributed by atoms with Crippen molar-refractivity contribution >= 4 is 23.7 Å². The number of hydrogen-bond donors (Lipinski definition) is 2. The molecule has 0 saturated carbocycles. The van der Waals surface area contributed by atoms with Crippen molar-refractivity contribution < 1.29 is 28.6 Å². The maximum atomic E-state index is 12.6. The van der Waals surface area contributed by atoms with Gasteiger partial charge in [0.1, 0.15) is 11.5 Å². The molecule has 1 heterocycles. The van der Waals surface area contributed by atoms with Gasteiger partial charge in [-0.15, -0.1) is 0 Å². The number of methoxy groups -OCH3 is 2. The zero-order valence-electron chi connectivity index (χ0n) is 16.0. The molecule has 0 spiro atoms. The molecule has 2 aromatic rings. The fraction of sp³-hybridized carbons (Fsp3) is 0.250. The number of nitrogens with one attached hydrogen (secondary N) is 2. The van der Waals surface area contributed by atoms with Crippen LogP contribution in [0.5, 0.6) is 11.5 Å². The number of carbonyl (C=O) groups is 3. The van der Waals surface area contributed by atoms with Crippen molar-refractivity contribution in [3.05, 3.63) is 54.1 Å². The second-order valence-corrected chi connectivity index (χ2v) is 6.19. The molecular weight excluding hydrogens is 378 g/mol. The van der Waals surface area contributed by atoms with Gasteiger partial charge in [-0.25, -0.2) is 14.5 Å². The molecule has 1 aliphatic rings. The molecule has 1 unspecified atom stereocenters. The summed E-state index contributed by atoms with van der Waals surface area (Å²) < 4.78 is 15.2. The van der Waals surface area contributed by atoms with E-state index in [1.807, 2.05) is 6.07 Å². The summed E-state index contributed by atoms with van der Waals surface area (Å²) in [6.07, 6.45) is -0.727. The van der Waals surface area contributed by atoms with Crippen LogP contribution in [-0.2, 0) is 9.53 Å². The van der Waals surface area contributed by atoms with Crippen molar-refractivity contribution in [2.24, 2.45) is 0 Å². The van der Waals surface area contributed by atoms with Crippen molar-refractivity contribution in [2.45, 2.75) is 6.04 Å². The van der Waals surface area contributed by atoms with Crippen LogP contribution in [0.2, 0.25) is 0 Å². The van der Waals surface area contributed by atoms with E-state index in [2.05, 4.69) is 10.6 Å². The fourth-order valence-electron chi connectivity index (χ4n) is 2.88. The maximum Gasteiger partial charge on any atom is 0.417 e. The number of carbonyl (C=O) groups excluding carboxylic acids is 3. The molecule has 1 fully saturated rings. The summed E-state index contributed by atoms with van der Waals surface area (Å²) in [5, 5.41) is 5.50. The molecule has 0 aromatic heterocycles. The predicted molar refractivity (Wildman–Crippen MR) is 104 cm³/mol. The molecule has 152 valence electrons. The molecule has 4 amide bonds. The monoisotopic (exact) mass is 399 g/mol. The van der Waals surface area contributed by atoms with E-state index in [1.54, 1.807) is 42.5 Å². The van der Waals surface area contributed by atoms with Gasteiger partial charge in [0.25, 0.3) is 5.91 Å². The van der Waals surface area contributed by atoms with Gasteiger partial charge in [-0.05, 0) is 17.7 Å². The van der Waals surface area contributed by atoms with E-state index < -0.39 is 24.1 Å². The molecule has 0 radical (unpaired) electrons. The Kier molecular flexibility index (Phi) is 6.18.